The molecule has 0 aliphatic carbocycles. The first-order valence-corrected chi connectivity index (χ1v) is 8.31. The monoisotopic (exact) mass is 421 g/mol. The van der Waals surface area contributed by atoms with Crippen molar-refractivity contribution in [3.63, 3.8) is 0 Å². The van der Waals surface area contributed by atoms with E-state index in [-0.39, 0.29) is 41.2 Å². The van der Waals surface area contributed by atoms with Crippen LogP contribution >= 0.6 is 24.0 Å². The lowest BCUT2D eigenvalue weighted by molar-refractivity contribution is 0.0205. The van der Waals surface area contributed by atoms with Gasteiger partial charge in [0.15, 0.2) is 5.96 Å². The molecule has 0 aliphatic heterocycles. The fraction of sp³-hybridized carbons (Fsp3) is 0.917. The summed E-state index contributed by atoms with van der Waals surface area (Å²) in [5, 5.41) is 6.09. The van der Waals surface area contributed by atoms with Crippen molar-refractivity contribution in [1.82, 2.24) is 10.6 Å². The Kier molecular flexibility index (Phi) is 10.8. The smallest absolute Gasteiger partial charge is 0.191 e. The van der Waals surface area contributed by atoms with Gasteiger partial charge in [-0.1, -0.05) is 20.8 Å². The summed E-state index contributed by atoms with van der Waals surface area (Å²) in [4.78, 5) is 4.04. The highest BCUT2D eigenvalue weighted by atomic mass is 127. The molecule has 8 heteroatoms. The van der Waals surface area contributed by atoms with Crippen molar-refractivity contribution in [2.75, 3.05) is 39.3 Å². The molecule has 0 aliphatic rings. The molecule has 2 N–H and O–H groups in total. The van der Waals surface area contributed by atoms with Gasteiger partial charge in [0.25, 0.3) is 0 Å². The van der Waals surface area contributed by atoms with Crippen LogP contribution in [0.3, 0.4) is 0 Å². The van der Waals surface area contributed by atoms with Gasteiger partial charge in [0, 0.05) is 33.5 Å². The summed E-state index contributed by atoms with van der Waals surface area (Å²) in [5.41, 5.74) is 0.0212. The minimum atomic E-state index is -2.96. The number of halogens is 1. The fourth-order valence-electron chi connectivity index (χ4n) is 1.51. The van der Waals surface area contributed by atoms with Gasteiger partial charge in [-0.15, -0.1) is 24.0 Å². The number of aliphatic imine (C=N–C) groups is 1. The summed E-state index contributed by atoms with van der Waals surface area (Å²) in [6, 6.07) is 0. The van der Waals surface area contributed by atoms with Gasteiger partial charge >= 0.3 is 0 Å². The van der Waals surface area contributed by atoms with Crippen LogP contribution in [0.5, 0.6) is 0 Å². The summed E-state index contributed by atoms with van der Waals surface area (Å²) in [6.07, 6.45) is 1.26. The van der Waals surface area contributed by atoms with Gasteiger partial charge in [-0.25, -0.2) is 8.42 Å². The Morgan fingerprint density at radius 2 is 1.85 bits per heavy atom. The summed E-state index contributed by atoms with van der Waals surface area (Å²) < 4.78 is 27.5. The summed E-state index contributed by atoms with van der Waals surface area (Å²) >= 11 is 0. The van der Waals surface area contributed by atoms with Gasteiger partial charge in [-0.2, -0.15) is 0 Å². The molecule has 6 nitrogen and oxygen atoms in total. The van der Waals surface area contributed by atoms with E-state index >= 15 is 0 Å². The first-order chi connectivity index (χ1) is 8.60. The average Bonchev–Trinajstić information content (AvgIpc) is 2.24. The lowest BCUT2D eigenvalue weighted by Crippen LogP contribution is -2.46. The molecule has 0 rings (SSSR count). The molecule has 0 heterocycles. The van der Waals surface area contributed by atoms with Crippen LogP contribution in [0.4, 0.5) is 0 Å². The van der Waals surface area contributed by atoms with E-state index in [9.17, 15) is 8.42 Å². The Morgan fingerprint density at radius 3 is 2.20 bits per heavy atom. The standard InChI is InChI=1S/C12H27N3O3S.HI/c1-12(2,3)10(18-5)9-15-11(13-4)14-7-8-19(6,16)17;/h10H,7-9H2,1-6H3,(H2,13,14,15);1H. The summed E-state index contributed by atoms with van der Waals surface area (Å²) in [5.74, 6) is 0.663. The number of methoxy groups -OCH3 is 1. The zero-order chi connectivity index (χ0) is 15.1. The first-order valence-electron chi connectivity index (χ1n) is 6.25. The van der Waals surface area contributed by atoms with Gasteiger partial charge in [0.2, 0.25) is 0 Å². The Bertz CT molecular complexity index is 391. The number of sulfone groups is 1. The molecule has 0 bridgehead atoms. The largest absolute Gasteiger partial charge is 0.379 e. The second-order valence-corrected chi connectivity index (χ2v) is 7.86. The molecule has 0 spiro atoms. The molecule has 0 radical (unpaired) electrons. The van der Waals surface area contributed by atoms with Gasteiger partial charge in [0.1, 0.15) is 9.84 Å². The van der Waals surface area contributed by atoms with E-state index in [1.807, 2.05) is 0 Å². The Labute approximate surface area is 140 Å². The second kappa shape index (κ2) is 9.78. The van der Waals surface area contributed by atoms with Crippen LogP contribution in [-0.2, 0) is 14.6 Å². The maximum atomic E-state index is 11.0. The number of ether oxygens (including phenoxy) is 1. The molecular weight excluding hydrogens is 393 g/mol. The van der Waals surface area contributed by atoms with E-state index in [1.165, 1.54) is 6.26 Å². The van der Waals surface area contributed by atoms with Gasteiger partial charge in [-0.05, 0) is 5.41 Å². The van der Waals surface area contributed by atoms with Crippen molar-refractivity contribution in [3.8, 4) is 0 Å². The molecule has 122 valence electrons. The molecular formula is C12H28IN3O3S. The van der Waals surface area contributed by atoms with Crippen molar-refractivity contribution in [3.05, 3.63) is 0 Å². The third-order valence-corrected chi connectivity index (χ3v) is 3.64. The van der Waals surface area contributed by atoms with Crippen molar-refractivity contribution in [2.24, 2.45) is 10.4 Å². The molecule has 0 aromatic carbocycles. The molecule has 0 aromatic rings. The highest BCUT2D eigenvalue weighted by Gasteiger charge is 2.24. The number of nitrogens with one attached hydrogen (secondary N) is 2. The summed E-state index contributed by atoms with van der Waals surface area (Å²) in [7, 11) is 0.368. The third kappa shape index (κ3) is 10.7. The van der Waals surface area contributed by atoms with Crippen LogP contribution in [0.15, 0.2) is 4.99 Å². The number of nitrogens with zero attached hydrogens (tertiary/aromatic N) is 1. The molecule has 0 aromatic heterocycles. The van der Waals surface area contributed by atoms with Crippen molar-refractivity contribution in [2.45, 2.75) is 26.9 Å². The third-order valence-electron chi connectivity index (χ3n) is 2.69. The van der Waals surface area contributed by atoms with Crippen molar-refractivity contribution in [1.29, 1.82) is 0 Å². The van der Waals surface area contributed by atoms with Crippen LogP contribution in [0, 0.1) is 5.41 Å². The topological polar surface area (TPSA) is 79.8 Å². The average molecular weight is 421 g/mol. The maximum absolute atomic E-state index is 11.0. The minimum absolute atomic E-state index is 0. The van der Waals surface area contributed by atoms with Gasteiger partial charge in [0.05, 0.1) is 11.9 Å². The first kappa shape index (κ1) is 22.2. The second-order valence-electron chi connectivity index (χ2n) is 5.60. The van der Waals surface area contributed by atoms with E-state index in [0.29, 0.717) is 19.0 Å². The van der Waals surface area contributed by atoms with Crippen molar-refractivity contribution >= 4 is 39.8 Å². The molecule has 0 saturated heterocycles. The molecule has 0 amide bonds. The van der Waals surface area contributed by atoms with Crippen LogP contribution in [0.25, 0.3) is 0 Å². The molecule has 0 saturated carbocycles. The SMILES string of the molecule is CN=C(NCCS(C)(=O)=O)NCC(OC)C(C)(C)C.I. The summed E-state index contributed by atoms with van der Waals surface area (Å²) in [6.45, 7) is 7.25. The van der Waals surface area contributed by atoms with E-state index < -0.39 is 9.84 Å². The highest BCUT2D eigenvalue weighted by molar-refractivity contribution is 14.0. The predicted octanol–water partition coefficient (Wildman–Crippen LogP) is 0.875. The van der Waals surface area contributed by atoms with Crippen LogP contribution < -0.4 is 10.6 Å². The maximum Gasteiger partial charge on any atom is 0.191 e. The number of hydrogen-bond acceptors (Lipinski definition) is 4. The normalized spacial score (nSPS) is 14.4. The number of rotatable bonds is 6. The highest BCUT2D eigenvalue weighted by Crippen LogP contribution is 2.20. The molecule has 1 unspecified atom stereocenters. The Balaban J connectivity index is 0. The number of guanidine groups is 1. The molecule has 1 atom stereocenters. The van der Waals surface area contributed by atoms with Gasteiger partial charge in [-0.3, -0.25) is 4.99 Å². The lowest BCUT2D eigenvalue weighted by atomic mass is 9.89. The van der Waals surface area contributed by atoms with Crippen LogP contribution in [0.1, 0.15) is 20.8 Å². The van der Waals surface area contributed by atoms with Crippen molar-refractivity contribution < 1.29 is 13.2 Å². The molecule has 20 heavy (non-hydrogen) atoms. The van der Waals surface area contributed by atoms with E-state index in [0.717, 1.165) is 0 Å². The predicted molar refractivity (Wildman–Crippen MR) is 94.7 cm³/mol. The Hall–Kier alpha value is -0.0900. The zero-order valence-corrected chi connectivity index (χ0v) is 16.3. The zero-order valence-electron chi connectivity index (χ0n) is 13.2. The fourth-order valence-corrected chi connectivity index (χ4v) is 1.98. The van der Waals surface area contributed by atoms with Crippen LogP contribution in [-0.4, -0.2) is 59.7 Å². The van der Waals surface area contributed by atoms with Crippen LogP contribution in [0.2, 0.25) is 0 Å². The van der Waals surface area contributed by atoms with E-state index in [1.54, 1.807) is 14.2 Å². The molecule has 0 fully saturated rings. The Morgan fingerprint density at radius 1 is 1.30 bits per heavy atom. The van der Waals surface area contributed by atoms with E-state index in [4.69, 9.17) is 4.74 Å². The minimum Gasteiger partial charge on any atom is -0.379 e. The lowest BCUT2D eigenvalue weighted by Gasteiger charge is -2.30. The van der Waals surface area contributed by atoms with E-state index in [2.05, 4.69) is 36.4 Å². The quantitative estimate of drug-likeness (QED) is 0.378. The van der Waals surface area contributed by atoms with Gasteiger partial charge < -0.3 is 15.4 Å². The number of hydrogen-bond donors (Lipinski definition) is 2.